The molecule has 0 aromatic heterocycles. The van der Waals surface area contributed by atoms with Crippen molar-refractivity contribution in [3.05, 3.63) is 41.7 Å². The average molecular weight is 271 g/mol. The number of aliphatic hydroxyl groups excluding tert-OH is 1. The Kier molecular flexibility index (Phi) is 4.60. The second kappa shape index (κ2) is 5.76. The van der Waals surface area contributed by atoms with Crippen LogP contribution in [-0.2, 0) is 14.8 Å². The summed E-state index contributed by atoms with van der Waals surface area (Å²) < 4.78 is 26.9. The summed E-state index contributed by atoms with van der Waals surface area (Å²) in [7, 11) is -3.77. The number of benzene rings is 1. The van der Waals surface area contributed by atoms with E-state index in [0.29, 0.717) is 0 Å². The van der Waals surface area contributed by atoms with Crippen LogP contribution in [0.2, 0.25) is 0 Å². The number of ether oxygens (including phenoxy) is 1. The standard InChI is InChI=1S/C11H13NO5S/c1-8(6-7-13)17-11(14)9-2-4-10(5-3-9)18(12,15)16/h2-6,13H,7H2,1H3,(H2,12,15,16)/b8-6-. The fourth-order valence-electron chi connectivity index (χ4n) is 1.16. The molecule has 0 spiro atoms. The van der Waals surface area contributed by atoms with E-state index >= 15 is 0 Å². The van der Waals surface area contributed by atoms with Crippen molar-refractivity contribution >= 4 is 16.0 Å². The van der Waals surface area contributed by atoms with Crippen LogP contribution in [0, 0.1) is 0 Å². The Labute approximate surface area is 105 Å². The van der Waals surface area contributed by atoms with E-state index in [2.05, 4.69) is 0 Å². The van der Waals surface area contributed by atoms with Gasteiger partial charge in [0.2, 0.25) is 10.0 Å². The number of hydrogen-bond donors (Lipinski definition) is 2. The molecule has 0 heterocycles. The van der Waals surface area contributed by atoms with Crippen LogP contribution < -0.4 is 5.14 Å². The fourth-order valence-corrected chi connectivity index (χ4v) is 1.67. The molecule has 0 atom stereocenters. The van der Waals surface area contributed by atoms with Crippen molar-refractivity contribution in [2.24, 2.45) is 5.14 Å². The zero-order chi connectivity index (χ0) is 13.8. The number of nitrogens with two attached hydrogens (primary N) is 1. The number of carbonyl (C=O) groups is 1. The molecule has 3 N–H and O–H groups in total. The number of hydrogen-bond acceptors (Lipinski definition) is 5. The quantitative estimate of drug-likeness (QED) is 0.608. The van der Waals surface area contributed by atoms with E-state index in [4.69, 9.17) is 15.0 Å². The Morgan fingerprint density at radius 2 is 1.94 bits per heavy atom. The average Bonchev–Trinajstić information content (AvgIpc) is 2.28. The smallest absolute Gasteiger partial charge is 0.343 e. The van der Waals surface area contributed by atoms with Crippen LogP contribution in [0.25, 0.3) is 0 Å². The summed E-state index contributed by atoms with van der Waals surface area (Å²) in [5.74, 6) is -0.379. The van der Waals surface area contributed by atoms with Crippen molar-refractivity contribution in [2.75, 3.05) is 6.61 Å². The largest absolute Gasteiger partial charge is 0.428 e. The summed E-state index contributed by atoms with van der Waals surface area (Å²) in [6, 6.07) is 5.04. The summed E-state index contributed by atoms with van der Waals surface area (Å²) >= 11 is 0. The number of carbonyl (C=O) groups excluding carboxylic acids is 1. The summed E-state index contributed by atoms with van der Waals surface area (Å²) in [6.45, 7) is 1.29. The Bertz CT molecular complexity index is 560. The van der Waals surface area contributed by atoms with Crippen molar-refractivity contribution < 1.29 is 23.1 Å². The zero-order valence-electron chi connectivity index (χ0n) is 9.66. The van der Waals surface area contributed by atoms with E-state index in [1.54, 1.807) is 0 Å². The summed E-state index contributed by atoms with van der Waals surface area (Å²) in [4.78, 5) is 11.5. The first-order valence-corrected chi connectivity index (χ1v) is 6.52. The highest BCUT2D eigenvalue weighted by Gasteiger charge is 2.11. The SMILES string of the molecule is C/C(=C/CO)OC(=O)c1ccc(S(N)(=O)=O)cc1. The number of sulfonamides is 1. The first-order valence-electron chi connectivity index (χ1n) is 4.97. The van der Waals surface area contributed by atoms with Crippen LogP contribution in [0.3, 0.4) is 0 Å². The highest BCUT2D eigenvalue weighted by molar-refractivity contribution is 7.89. The summed E-state index contributed by atoms with van der Waals surface area (Å²) in [6.07, 6.45) is 1.33. The van der Waals surface area contributed by atoms with Crippen LogP contribution in [0.5, 0.6) is 0 Å². The lowest BCUT2D eigenvalue weighted by molar-refractivity contribution is 0.0623. The number of rotatable bonds is 4. The van der Waals surface area contributed by atoms with E-state index in [0.717, 1.165) is 0 Å². The van der Waals surface area contributed by atoms with E-state index < -0.39 is 16.0 Å². The molecular formula is C11H13NO5S. The van der Waals surface area contributed by atoms with E-state index in [9.17, 15) is 13.2 Å². The Morgan fingerprint density at radius 3 is 2.39 bits per heavy atom. The monoisotopic (exact) mass is 271 g/mol. The second-order valence-electron chi connectivity index (χ2n) is 3.46. The lowest BCUT2D eigenvalue weighted by atomic mass is 10.2. The van der Waals surface area contributed by atoms with Gasteiger partial charge >= 0.3 is 5.97 Å². The molecule has 1 aromatic carbocycles. The van der Waals surface area contributed by atoms with Gasteiger partial charge in [-0.05, 0) is 37.3 Å². The molecule has 7 heteroatoms. The summed E-state index contributed by atoms with van der Waals surface area (Å²) in [5, 5.41) is 13.5. The van der Waals surface area contributed by atoms with Crippen molar-refractivity contribution in [3.8, 4) is 0 Å². The number of esters is 1. The first-order chi connectivity index (χ1) is 8.34. The van der Waals surface area contributed by atoms with Crippen molar-refractivity contribution in [1.29, 1.82) is 0 Å². The maximum absolute atomic E-state index is 11.6. The zero-order valence-corrected chi connectivity index (χ0v) is 10.5. The van der Waals surface area contributed by atoms with Gasteiger partial charge in [-0.15, -0.1) is 0 Å². The third-order valence-electron chi connectivity index (χ3n) is 2.05. The highest BCUT2D eigenvalue weighted by Crippen LogP contribution is 2.11. The van der Waals surface area contributed by atoms with Gasteiger partial charge in [0.25, 0.3) is 0 Å². The van der Waals surface area contributed by atoms with Crippen LogP contribution in [0.4, 0.5) is 0 Å². The van der Waals surface area contributed by atoms with Crippen LogP contribution in [0.1, 0.15) is 17.3 Å². The lowest BCUT2D eigenvalue weighted by Crippen LogP contribution is -2.12. The molecule has 0 fully saturated rings. The van der Waals surface area contributed by atoms with Crippen LogP contribution in [0.15, 0.2) is 41.0 Å². The molecule has 0 unspecified atom stereocenters. The molecule has 98 valence electrons. The van der Waals surface area contributed by atoms with Crippen LogP contribution >= 0.6 is 0 Å². The van der Waals surface area contributed by atoms with Gasteiger partial charge in [-0.3, -0.25) is 0 Å². The number of primary sulfonamides is 1. The number of aliphatic hydroxyl groups is 1. The minimum absolute atomic E-state index is 0.0818. The van der Waals surface area contributed by atoms with Crippen molar-refractivity contribution in [1.82, 2.24) is 0 Å². The number of allylic oxidation sites excluding steroid dienone is 1. The van der Waals surface area contributed by atoms with Gasteiger partial charge in [0, 0.05) is 0 Å². The Morgan fingerprint density at radius 1 is 1.39 bits per heavy atom. The van der Waals surface area contributed by atoms with E-state index in [-0.39, 0.29) is 22.8 Å². The molecular weight excluding hydrogens is 258 g/mol. The minimum Gasteiger partial charge on any atom is -0.428 e. The third-order valence-corrected chi connectivity index (χ3v) is 2.98. The van der Waals surface area contributed by atoms with Crippen molar-refractivity contribution in [3.63, 3.8) is 0 Å². The van der Waals surface area contributed by atoms with Gasteiger partial charge in [-0.25, -0.2) is 18.4 Å². The molecule has 0 amide bonds. The maximum atomic E-state index is 11.6. The Balaban J connectivity index is 2.86. The predicted octanol–water partition coefficient (Wildman–Crippen LogP) is 0.387. The highest BCUT2D eigenvalue weighted by atomic mass is 32.2. The van der Waals surface area contributed by atoms with Gasteiger partial charge in [0.15, 0.2) is 0 Å². The molecule has 1 rings (SSSR count). The van der Waals surface area contributed by atoms with Crippen molar-refractivity contribution in [2.45, 2.75) is 11.8 Å². The molecule has 0 aliphatic rings. The molecule has 18 heavy (non-hydrogen) atoms. The molecule has 0 saturated carbocycles. The molecule has 0 aliphatic carbocycles. The molecule has 1 aromatic rings. The summed E-state index contributed by atoms with van der Waals surface area (Å²) in [5.41, 5.74) is 0.188. The molecule has 0 aliphatic heterocycles. The first kappa shape index (κ1) is 14.4. The minimum atomic E-state index is -3.77. The normalized spacial score (nSPS) is 12.3. The predicted molar refractivity (Wildman–Crippen MR) is 64.1 cm³/mol. The van der Waals surface area contributed by atoms with Gasteiger partial charge in [-0.1, -0.05) is 0 Å². The second-order valence-corrected chi connectivity index (χ2v) is 5.02. The van der Waals surface area contributed by atoms with E-state index in [1.807, 2.05) is 0 Å². The van der Waals surface area contributed by atoms with E-state index in [1.165, 1.54) is 37.3 Å². The molecule has 0 radical (unpaired) electrons. The maximum Gasteiger partial charge on any atom is 0.343 e. The fraction of sp³-hybridized carbons (Fsp3) is 0.182. The Hall–Kier alpha value is -1.70. The molecule has 0 bridgehead atoms. The third kappa shape index (κ3) is 3.95. The van der Waals surface area contributed by atoms with Gasteiger partial charge in [0.1, 0.15) is 5.76 Å². The van der Waals surface area contributed by atoms with Crippen LogP contribution in [-0.4, -0.2) is 26.1 Å². The molecule has 6 nitrogen and oxygen atoms in total. The topological polar surface area (TPSA) is 107 Å². The van der Waals surface area contributed by atoms with Gasteiger partial charge in [-0.2, -0.15) is 0 Å². The molecule has 0 saturated heterocycles. The van der Waals surface area contributed by atoms with Gasteiger partial charge < -0.3 is 9.84 Å². The van der Waals surface area contributed by atoms with Gasteiger partial charge in [0.05, 0.1) is 17.1 Å². The lowest BCUT2D eigenvalue weighted by Gasteiger charge is -2.04.